The highest BCUT2D eigenvalue weighted by Crippen LogP contribution is 2.33. The molecule has 9 nitrogen and oxygen atoms in total. The lowest BCUT2D eigenvalue weighted by Gasteiger charge is -2.11. The monoisotopic (exact) mass is 461 g/mol. The van der Waals surface area contributed by atoms with Gasteiger partial charge in [-0.15, -0.1) is 21.5 Å². The number of esters is 1. The van der Waals surface area contributed by atoms with Crippen LogP contribution >= 0.6 is 11.3 Å². The molecule has 0 bridgehead atoms. The molecule has 1 atom stereocenters. The molecule has 5 rings (SSSR count). The van der Waals surface area contributed by atoms with Crippen LogP contribution in [0.1, 0.15) is 32.2 Å². The summed E-state index contributed by atoms with van der Waals surface area (Å²) in [5.74, 6) is 1.19. The molecule has 0 aliphatic heterocycles. The minimum absolute atomic E-state index is 0.325. The number of benzene rings is 2. The summed E-state index contributed by atoms with van der Waals surface area (Å²) in [7, 11) is 1.34. The van der Waals surface area contributed by atoms with Crippen molar-refractivity contribution in [3.8, 4) is 22.9 Å². The van der Waals surface area contributed by atoms with Crippen molar-refractivity contribution in [2.75, 3.05) is 7.11 Å². The quantitative estimate of drug-likeness (QED) is 0.320. The zero-order chi connectivity index (χ0) is 22.9. The fourth-order valence-corrected chi connectivity index (χ4v) is 4.29. The van der Waals surface area contributed by atoms with Gasteiger partial charge in [-0.05, 0) is 37.3 Å². The van der Waals surface area contributed by atoms with Crippen molar-refractivity contribution in [3.63, 3.8) is 0 Å². The summed E-state index contributed by atoms with van der Waals surface area (Å²) in [5, 5.41) is 20.4. The Morgan fingerprint density at radius 2 is 2.06 bits per heavy atom. The predicted octanol–water partition coefficient (Wildman–Crippen LogP) is 4.38. The molecule has 0 amide bonds. The number of hydrogen-bond acceptors (Lipinski definition) is 8. The van der Waals surface area contributed by atoms with E-state index in [1.807, 2.05) is 25.1 Å². The number of carbonyl (C=O) groups is 1. The number of ether oxygens (including phenoxy) is 2. The average Bonchev–Trinajstić information content (AvgIpc) is 3.59. The number of aromatic amines is 2. The fourth-order valence-electron chi connectivity index (χ4n) is 3.51. The summed E-state index contributed by atoms with van der Waals surface area (Å²) in [6.07, 6.45) is 2.44. The Kier molecular flexibility index (Phi) is 5.37. The van der Waals surface area contributed by atoms with Crippen LogP contribution in [0.4, 0.5) is 0 Å². The first-order valence-electron chi connectivity index (χ1n) is 10.0. The van der Waals surface area contributed by atoms with E-state index in [0.29, 0.717) is 44.5 Å². The van der Waals surface area contributed by atoms with E-state index in [2.05, 4.69) is 25.1 Å². The predicted molar refractivity (Wildman–Crippen MR) is 122 cm³/mol. The molecule has 1 unspecified atom stereocenters. The number of carbonyl (C=O) groups excluding carboxylic acids is 1. The summed E-state index contributed by atoms with van der Waals surface area (Å²) in [6, 6.07) is 12.6. The van der Waals surface area contributed by atoms with Crippen LogP contribution in [0.25, 0.3) is 22.3 Å². The first-order valence-corrected chi connectivity index (χ1v) is 10.8. The fraction of sp³-hybridized carbons (Fsp3) is 0.130. The Balaban J connectivity index is 1.44. The number of fused-ring (bicyclic) bond motifs is 1. The molecular formula is C23H19N5O4S. The summed E-state index contributed by atoms with van der Waals surface area (Å²) in [4.78, 5) is 23.4. The van der Waals surface area contributed by atoms with Crippen LogP contribution in [0.15, 0.2) is 54.9 Å². The number of aliphatic hydroxyl groups is 1. The van der Waals surface area contributed by atoms with E-state index in [1.54, 1.807) is 36.7 Å². The van der Waals surface area contributed by atoms with Gasteiger partial charge in [-0.3, -0.25) is 0 Å². The highest BCUT2D eigenvalue weighted by Gasteiger charge is 2.20. The molecule has 10 heteroatoms. The van der Waals surface area contributed by atoms with E-state index in [9.17, 15) is 9.90 Å². The third-order valence-electron chi connectivity index (χ3n) is 5.09. The number of rotatable bonds is 6. The molecule has 3 N–H and O–H groups in total. The average molecular weight is 462 g/mol. The van der Waals surface area contributed by atoms with E-state index in [0.717, 1.165) is 10.5 Å². The maximum Gasteiger partial charge on any atom is 0.342 e. The molecule has 33 heavy (non-hydrogen) atoms. The van der Waals surface area contributed by atoms with Crippen molar-refractivity contribution in [2.24, 2.45) is 0 Å². The minimum Gasteiger partial charge on any atom is -0.465 e. The number of aryl methyl sites for hydroxylation is 1. The Labute approximate surface area is 192 Å². The van der Waals surface area contributed by atoms with E-state index in [1.165, 1.54) is 18.4 Å². The maximum atomic E-state index is 12.4. The SMILES string of the molecule is COC(=O)c1c(Oc2cccc(-c3nnc(C(O)c4cnc(C)s4)[nH]3)c2)ccc2[nH]ccc12. The number of methoxy groups -OCH3 is 1. The Bertz CT molecular complexity index is 1450. The minimum atomic E-state index is -0.937. The molecule has 0 saturated heterocycles. The summed E-state index contributed by atoms with van der Waals surface area (Å²) >= 11 is 1.40. The Morgan fingerprint density at radius 1 is 1.18 bits per heavy atom. The van der Waals surface area contributed by atoms with Gasteiger partial charge in [0.15, 0.2) is 11.6 Å². The van der Waals surface area contributed by atoms with Crippen molar-refractivity contribution >= 4 is 28.2 Å². The Hall–Kier alpha value is -4.02. The van der Waals surface area contributed by atoms with Gasteiger partial charge in [0.05, 0.1) is 17.0 Å². The van der Waals surface area contributed by atoms with Crippen molar-refractivity contribution in [2.45, 2.75) is 13.0 Å². The lowest BCUT2D eigenvalue weighted by molar-refractivity contribution is 0.0600. The van der Waals surface area contributed by atoms with Gasteiger partial charge in [-0.2, -0.15) is 0 Å². The molecule has 0 fully saturated rings. The third-order valence-corrected chi connectivity index (χ3v) is 6.06. The van der Waals surface area contributed by atoms with Crippen molar-refractivity contribution in [1.29, 1.82) is 0 Å². The molecule has 0 radical (unpaired) electrons. The summed E-state index contributed by atoms with van der Waals surface area (Å²) < 4.78 is 11.0. The number of nitrogens with zero attached hydrogens (tertiary/aromatic N) is 3. The molecule has 0 saturated carbocycles. The Morgan fingerprint density at radius 3 is 2.85 bits per heavy atom. The van der Waals surface area contributed by atoms with Gasteiger partial charge in [0.1, 0.15) is 23.2 Å². The molecular weight excluding hydrogens is 442 g/mol. The first kappa shape index (κ1) is 20.9. The smallest absolute Gasteiger partial charge is 0.342 e. The number of hydrogen-bond donors (Lipinski definition) is 3. The van der Waals surface area contributed by atoms with Gasteiger partial charge in [0.25, 0.3) is 0 Å². The standard InChI is InChI=1S/C23H19N5O4S/c1-12-25-11-18(33-12)20(29)22-26-21(27-28-22)13-4-3-5-14(10-13)32-17-7-6-16-15(8-9-24-16)19(17)23(30)31-2/h3-11,20,24,29H,1-2H3,(H,26,27,28). The van der Waals surface area contributed by atoms with E-state index < -0.39 is 12.1 Å². The molecule has 166 valence electrons. The second-order valence-electron chi connectivity index (χ2n) is 7.24. The third kappa shape index (κ3) is 3.97. The van der Waals surface area contributed by atoms with E-state index in [4.69, 9.17) is 9.47 Å². The van der Waals surface area contributed by atoms with Crippen LogP contribution in [0.3, 0.4) is 0 Å². The normalized spacial score (nSPS) is 12.1. The zero-order valence-corrected chi connectivity index (χ0v) is 18.5. The van der Waals surface area contributed by atoms with Crippen LogP contribution < -0.4 is 4.74 Å². The molecule has 0 aliphatic carbocycles. The van der Waals surface area contributed by atoms with Crippen LogP contribution in [-0.4, -0.2) is 43.3 Å². The van der Waals surface area contributed by atoms with Crippen LogP contribution in [0.5, 0.6) is 11.5 Å². The highest BCUT2D eigenvalue weighted by molar-refractivity contribution is 7.11. The molecule has 3 aromatic heterocycles. The molecule has 0 spiro atoms. The zero-order valence-electron chi connectivity index (χ0n) is 17.7. The maximum absolute atomic E-state index is 12.4. The van der Waals surface area contributed by atoms with Crippen LogP contribution in [0, 0.1) is 6.92 Å². The van der Waals surface area contributed by atoms with Gasteiger partial charge in [-0.25, -0.2) is 9.78 Å². The number of thiazole rings is 1. The second-order valence-corrected chi connectivity index (χ2v) is 8.51. The number of H-pyrrole nitrogens is 2. The highest BCUT2D eigenvalue weighted by atomic mass is 32.1. The van der Waals surface area contributed by atoms with Gasteiger partial charge >= 0.3 is 5.97 Å². The molecule has 2 aromatic carbocycles. The summed E-state index contributed by atoms with van der Waals surface area (Å²) in [5.41, 5.74) is 1.85. The van der Waals surface area contributed by atoms with Gasteiger partial charge in [0.2, 0.25) is 0 Å². The van der Waals surface area contributed by atoms with Crippen LogP contribution in [0.2, 0.25) is 0 Å². The molecule has 5 aromatic rings. The molecule has 0 aliphatic rings. The number of aromatic nitrogens is 5. The second kappa shape index (κ2) is 8.49. The largest absolute Gasteiger partial charge is 0.465 e. The van der Waals surface area contributed by atoms with Crippen molar-refractivity contribution in [3.05, 3.63) is 76.1 Å². The number of aliphatic hydroxyl groups excluding tert-OH is 1. The van der Waals surface area contributed by atoms with E-state index in [-0.39, 0.29) is 0 Å². The first-order chi connectivity index (χ1) is 16.0. The van der Waals surface area contributed by atoms with Crippen molar-refractivity contribution < 1.29 is 19.4 Å². The van der Waals surface area contributed by atoms with Crippen molar-refractivity contribution in [1.82, 2.24) is 25.1 Å². The van der Waals surface area contributed by atoms with Crippen LogP contribution in [-0.2, 0) is 4.74 Å². The summed E-state index contributed by atoms with van der Waals surface area (Å²) in [6.45, 7) is 1.87. The lowest BCUT2D eigenvalue weighted by atomic mass is 10.1. The van der Waals surface area contributed by atoms with Gasteiger partial charge < -0.3 is 24.5 Å². The molecule has 3 heterocycles. The number of nitrogens with one attached hydrogen (secondary N) is 2. The van der Waals surface area contributed by atoms with Gasteiger partial charge in [-0.1, -0.05) is 12.1 Å². The topological polar surface area (TPSA) is 126 Å². The van der Waals surface area contributed by atoms with E-state index >= 15 is 0 Å². The lowest BCUT2D eigenvalue weighted by Crippen LogP contribution is -2.04. The van der Waals surface area contributed by atoms with Gasteiger partial charge in [0, 0.05) is 28.9 Å².